The normalized spacial score (nSPS) is 17.9. The van der Waals surface area contributed by atoms with Crippen LogP contribution in [0.2, 0.25) is 0 Å². The Labute approximate surface area is 156 Å². The third-order valence-electron chi connectivity index (χ3n) is 5.92. The SMILES string of the molecule is COc1ccc2[nH]c3c(c2c1)N=CN(CCCN(C)C1CCCCC1)C3. The molecular weight excluding hydrogens is 324 g/mol. The van der Waals surface area contributed by atoms with Crippen molar-refractivity contribution in [2.75, 3.05) is 27.2 Å². The second-order valence-electron chi connectivity index (χ2n) is 7.70. The van der Waals surface area contributed by atoms with Gasteiger partial charge < -0.3 is 19.5 Å². The number of aliphatic imine (C=N–C) groups is 1. The van der Waals surface area contributed by atoms with Gasteiger partial charge in [-0.1, -0.05) is 19.3 Å². The Bertz CT molecular complexity index is 776. The van der Waals surface area contributed by atoms with E-state index in [0.29, 0.717) is 0 Å². The van der Waals surface area contributed by atoms with Crippen LogP contribution >= 0.6 is 0 Å². The zero-order valence-electron chi connectivity index (χ0n) is 16.0. The van der Waals surface area contributed by atoms with Crippen molar-refractivity contribution in [3.8, 4) is 5.75 Å². The largest absolute Gasteiger partial charge is 0.497 e. The molecule has 1 aliphatic heterocycles. The van der Waals surface area contributed by atoms with E-state index in [4.69, 9.17) is 9.73 Å². The molecule has 5 nitrogen and oxygen atoms in total. The van der Waals surface area contributed by atoms with Crippen molar-refractivity contribution in [1.82, 2.24) is 14.8 Å². The number of rotatable bonds is 6. The van der Waals surface area contributed by atoms with Crippen LogP contribution in [0.1, 0.15) is 44.2 Å². The molecule has 0 saturated heterocycles. The maximum atomic E-state index is 5.35. The molecule has 4 rings (SSSR count). The quantitative estimate of drug-likeness (QED) is 0.841. The van der Waals surface area contributed by atoms with Gasteiger partial charge in [-0.25, -0.2) is 4.99 Å². The molecule has 140 valence electrons. The summed E-state index contributed by atoms with van der Waals surface area (Å²) in [6, 6.07) is 6.93. The highest BCUT2D eigenvalue weighted by molar-refractivity contribution is 5.95. The van der Waals surface area contributed by atoms with Crippen molar-refractivity contribution in [2.24, 2.45) is 4.99 Å². The van der Waals surface area contributed by atoms with Crippen molar-refractivity contribution in [3.63, 3.8) is 0 Å². The van der Waals surface area contributed by atoms with Crippen molar-refractivity contribution in [2.45, 2.75) is 51.1 Å². The van der Waals surface area contributed by atoms with E-state index >= 15 is 0 Å². The van der Waals surface area contributed by atoms with Gasteiger partial charge in [-0.3, -0.25) is 0 Å². The summed E-state index contributed by atoms with van der Waals surface area (Å²) in [6.07, 6.45) is 10.2. The van der Waals surface area contributed by atoms with E-state index in [1.54, 1.807) is 7.11 Å². The summed E-state index contributed by atoms with van der Waals surface area (Å²) in [5, 5.41) is 1.15. The summed E-state index contributed by atoms with van der Waals surface area (Å²) in [4.78, 5) is 13.1. The van der Waals surface area contributed by atoms with E-state index in [9.17, 15) is 0 Å². The summed E-state index contributed by atoms with van der Waals surface area (Å²) in [7, 11) is 4.00. The molecule has 1 aromatic heterocycles. The van der Waals surface area contributed by atoms with E-state index in [2.05, 4.69) is 34.0 Å². The fraction of sp³-hybridized carbons (Fsp3) is 0.571. The first-order chi connectivity index (χ1) is 12.7. The standard InChI is InChI=1S/C21H30N4O/c1-24(16-7-4-3-5-8-16)11-6-12-25-14-20-21(22-15-25)18-13-17(26-2)9-10-19(18)23-20/h9-10,13,15-16,23H,3-8,11-12,14H2,1-2H3. The van der Waals surface area contributed by atoms with Gasteiger partial charge >= 0.3 is 0 Å². The van der Waals surface area contributed by atoms with Crippen molar-refractivity contribution < 1.29 is 4.74 Å². The lowest BCUT2D eigenvalue weighted by atomic mass is 9.94. The first-order valence-corrected chi connectivity index (χ1v) is 9.91. The van der Waals surface area contributed by atoms with Gasteiger partial charge in [0, 0.05) is 23.5 Å². The van der Waals surface area contributed by atoms with Gasteiger partial charge in [-0.2, -0.15) is 0 Å². The molecule has 1 saturated carbocycles. The molecule has 0 atom stereocenters. The zero-order valence-corrected chi connectivity index (χ0v) is 16.0. The molecule has 1 fully saturated rings. The van der Waals surface area contributed by atoms with Crippen molar-refractivity contribution in [1.29, 1.82) is 0 Å². The second kappa shape index (κ2) is 7.70. The molecule has 2 heterocycles. The molecule has 1 aromatic carbocycles. The molecular formula is C21H30N4O. The summed E-state index contributed by atoms with van der Waals surface area (Å²) in [5.41, 5.74) is 3.40. The monoisotopic (exact) mass is 354 g/mol. The van der Waals surface area contributed by atoms with Gasteiger partial charge in [-0.05, 0) is 51.1 Å². The summed E-state index contributed by atoms with van der Waals surface area (Å²) < 4.78 is 5.35. The first kappa shape index (κ1) is 17.4. The maximum absolute atomic E-state index is 5.35. The van der Waals surface area contributed by atoms with Crippen molar-refractivity contribution in [3.05, 3.63) is 23.9 Å². The molecule has 0 radical (unpaired) electrons. The van der Waals surface area contributed by atoms with Crippen LogP contribution in [0, 0.1) is 0 Å². The fourth-order valence-electron chi connectivity index (χ4n) is 4.35. The Morgan fingerprint density at radius 2 is 2.12 bits per heavy atom. The van der Waals surface area contributed by atoms with Crippen LogP contribution in [-0.4, -0.2) is 54.4 Å². The molecule has 0 unspecified atom stereocenters. The molecule has 1 N–H and O–H groups in total. The van der Waals surface area contributed by atoms with Gasteiger partial charge in [0.1, 0.15) is 5.75 Å². The highest BCUT2D eigenvalue weighted by Gasteiger charge is 2.19. The minimum absolute atomic E-state index is 0.800. The van der Waals surface area contributed by atoms with E-state index in [0.717, 1.165) is 41.5 Å². The molecule has 2 aromatic rings. The lowest BCUT2D eigenvalue weighted by Gasteiger charge is -2.32. The first-order valence-electron chi connectivity index (χ1n) is 9.91. The molecule has 2 aliphatic rings. The summed E-state index contributed by atoms with van der Waals surface area (Å²) in [5.74, 6) is 0.877. The van der Waals surface area contributed by atoms with Crippen LogP contribution in [0.15, 0.2) is 23.2 Å². The minimum Gasteiger partial charge on any atom is -0.497 e. The summed E-state index contributed by atoms with van der Waals surface area (Å²) >= 11 is 0. The van der Waals surface area contributed by atoms with Gasteiger partial charge in [0.25, 0.3) is 0 Å². The maximum Gasteiger partial charge on any atom is 0.119 e. The van der Waals surface area contributed by atoms with Crippen LogP contribution in [0.3, 0.4) is 0 Å². The third-order valence-corrected chi connectivity index (χ3v) is 5.92. The van der Waals surface area contributed by atoms with E-state index < -0.39 is 0 Å². The number of fused-ring (bicyclic) bond motifs is 3. The van der Waals surface area contributed by atoms with E-state index in [1.165, 1.54) is 50.8 Å². The molecule has 0 amide bonds. The average Bonchev–Trinajstić information content (AvgIpc) is 3.05. The Morgan fingerprint density at radius 3 is 2.92 bits per heavy atom. The number of nitrogens with one attached hydrogen (secondary N) is 1. The third kappa shape index (κ3) is 3.58. The Balaban J connectivity index is 1.34. The molecule has 26 heavy (non-hydrogen) atoms. The average molecular weight is 354 g/mol. The zero-order chi connectivity index (χ0) is 17.9. The number of ether oxygens (including phenoxy) is 1. The minimum atomic E-state index is 0.800. The van der Waals surface area contributed by atoms with Gasteiger partial charge in [0.05, 0.1) is 31.4 Å². The van der Waals surface area contributed by atoms with Crippen LogP contribution in [0.25, 0.3) is 10.9 Å². The lowest BCUT2D eigenvalue weighted by Crippen LogP contribution is -2.35. The number of methoxy groups -OCH3 is 1. The molecule has 0 spiro atoms. The number of benzene rings is 1. The number of nitrogens with zero attached hydrogens (tertiary/aromatic N) is 3. The molecule has 1 aliphatic carbocycles. The van der Waals surface area contributed by atoms with Crippen molar-refractivity contribution >= 4 is 22.9 Å². The van der Waals surface area contributed by atoms with E-state index in [1.807, 2.05) is 12.4 Å². The van der Waals surface area contributed by atoms with Gasteiger partial charge in [0.2, 0.25) is 0 Å². The number of aromatic amines is 1. The van der Waals surface area contributed by atoms with Crippen LogP contribution in [0.5, 0.6) is 5.75 Å². The topological polar surface area (TPSA) is 43.9 Å². The fourth-order valence-corrected chi connectivity index (χ4v) is 4.35. The predicted molar refractivity (Wildman–Crippen MR) is 108 cm³/mol. The number of hydrogen-bond acceptors (Lipinski definition) is 4. The van der Waals surface area contributed by atoms with Crippen LogP contribution in [-0.2, 0) is 6.54 Å². The van der Waals surface area contributed by atoms with Gasteiger partial charge in [-0.15, -0.1) is 0 Å². The summed E-state index contributed by atoms with van der Waals surface area (Å²) in [6.45, 7) is 3.13. The number of aromatic nitrogens is 1. The lowest BCUT2D eigenvalue weighted by molar-refractivity contribution is 0.185. The number of H-pyrrole nitrogens is 1. The van der Waals surface area contributed by atoms with E-state index in [-0.39, 0.29) is 0 Å². The molecule has 5 heteroatoms. The number of hydrogen-bond donors (Lipinski definition) is 1. The van der Waals surface area contributed by atoms with Gasteiger partial charge in [0.15, 0.2) is 0 Å². The van der Waals surface area contributed by atoms with Crippen LogP contribution in [0.4, 0.5) is 5.69 Å². The highest BCUT2D eigenvalue weighted by Crippen LogP contribution is 2.35. The molecule has 0 bridgehead atoms. The predicted octanol–water partition coefficient (Wildman–Crippen LogP) is 4.31. The second-order valence-corrected chi connectivity index (χ2v) is 7.70. The Kier molecular flexibility index (Phi) is 5.16. The Morgan fingerprint density at radius 1 is 1.27 bits per heavy atom. The smallest absolute Gasteiger partial charge is 0.119 e. The Hall–Kier alpha value is -2.01. The van der Waals surface area contributed by atoms with Crippen LogP contribution < -0.4 is 4.74 Å². The highest BCUT2D eigenvalue weighted by atomic mass is 16.5.